The van der Waals surface area contributed by atoms with E-state index >= 15 is 0 Å². The molecule has 4 aromatic rings. The van der Waals surface area contributed by atoms with Crippen molar-refractivity contribution < 1.29 is 28.7 Å². The molecule has 40 heavy (non-hydrogen) atoms. The van der Waals surface area contributed by atoms with Crippen molar-refractivity contribution in [3.8, 4) is 11.5 Å². The van der Waals surface area contributed by atoms with Crippen LogP contribution in [-0.4, -0.2) is 43.4 Å². The van der Waals surface area contributed by atoms with E-state index in [2.05, 4.69) is 10.6 Å². The summed E-state index contributed by atoms with van der Waals surface area (Å²) < 4.78 is 10.6. The summed E-state index contributed by atoms with van der Waals surface area (Å²) in [5.41, 5.74) is 2.32. The van der Waals surface area contributed by atoms with Gasteiger partial charge in [-0.15, -0.1) is 11.8 Å². The van der Waals surface area contributed by atoms with Gasteiger partial charge in [0.1, 0.15) is 17.1 Å². The molecule has 8 nitrogen and oxygen atoms in total. The third-order valence-electron chi connectivity index (χ3n) is 6.36. The van der Waals surface area contributed by atoms with Crippen molar-refractivity contribution in [2.24, 2.45) is 0 Å². The molecular weight excluding hydrogens is 528 g/mol. The van der Waals surface area contributed by atoms with Gasteiger partial charge in [-0.2, -0.15) is 0 Å². The topological polar surface area (TPSA) is 111 Å². The maximum absolute atomic E-state index is 13.2. The average Bonchev–Trinajstić information content (AvgIpc) is 2.99. The van der Waals surface area contributed by atoms with Gasteiger partial charge in [-0.3, -0.25) is 19.2 Å². The largest absolute Gasteiger partial charge is 0.496 e. The Hall–Kier alpha value is -4.89. The first-order valence-electron chi connectivity index (χ1n) is 12.3. The van der Waals surface area contributed by atoms with E-state index in [0.717, 1.165) is 4.90 Å². The number of carbonyl (C=O) groups is 4. The second-order valence-corrected chi connectivity index (χ2v) is 9.83. The van der Waals surface area contributed by atoms with Crippen molar-refractivity contribution in [3.63, 3.8) is 0 Å². The molecule has 0 aromatic heterocycles. The normalized spacial score (nSPS) is 11.8. The molecule has 4 aromatic carbocycles. The number of carbonyl (C=O) groups excluding carboxylic acids is 4. The highest BCUT2D eigenvalue weighted by Gasteiger charge is 2.31. The second-order valence-electron chi connectivity index (χ2n) is 8.78. The first-order valence-corrected chi connectivity index (χ1v) is 13.3. The van der Waals surface area contributed by atoms with E-state index in [1.165, 1.54) is 26.0 Å². The van der Waals surface area contributed by atoms with Gasteiger partial charge >= 0.3 is 0 Å². The van der Waals surface area contributed by atoms with Crippen LogP contribution in [0.25, 0.3) is 0 Å². The minimum atomic E-state index is -0.379. The average molecular weight is 553 g/mol. The number of methoxy groups -OCH3 is 2. The number of hydrogen-bond acceptors (Lipinski definition) is 7. The fourth-order valence-corrected chi connectivity index (χ4v) is 5.19. The van der Waals surface area contributed by atoms with Crippen LogP contribution in [0.1, 0.15) is 42.2 Å². The zero-order valence-electron chi connectivity index (χ0n) is 21.6. The smallest absolute Gasteiger partial charge is 0.263 e. The lowest BCUT2D eigenvalue weighted by Crippen LogP contribution is -2.24. The number of fused-ring (bicyclic) bond motifs is 2. The highest BCUT2D eigenvalue weighted by atomic mass is 32.2. The zero-order valence-corrected chi connectivity index (χ0v) is 22.5. The lowest BCUT2D eigenvalue weighted by Gasteiger charge is -2.20. The Morgan fingerprint density at radius 3 is 1.95 bits per heavy atom. The number of anilines is 2. The third kappa shape index (κ3) is 5.19. The summed E-state index contributed by atoms with van der Waals surface area (Å²) in [5, 5.41) is 5.62. The highest BCUT2D eigenvalue weighted by Crippen LogP contribution is 2.33. The first kappa shape index (κ1) is 26.7. The maximum Gasteiger partial charge on any atom is 0.263 e. The van der Waals surface area contributed by atoms with E-state index < -0.39 is 0 Å². The molecule has 2 amide bonds. The van der Waals surface area contributed by atoms with Crippen LogP contribution in [0.2, 0.25) is 0 Å². The van der Waals surface area contributed by atoms with Gasteiger partial charge in [-0.1, -0.05) is 42.5 Å². The van der Waals surface area contributed by atoms with E-state index in [1.807, 2.05) is 0 Å². The van der Waals surface area contributed by atoms with Gasteiger partial charge in [0, 0.05) is 27.3 Å². The number of thioether (sulfide) groups is 1. The predicted molar refractivity (Wildman–Crippen MR) is 153 cm³/mol. The number of hydrogen-bond donors (Lipinski definition) is 2. The van der Waals surface area contributed by atoms with Gasteiger partial charge < -0.3 is 20.1 Å². The van der Waals surface area contributed by atoms with Gasteiger partial charge in [0.05, 0.1) is 31.2 Å². The molecule has 0 heterocycles. The molecule has 1 aliphatic rings. The quantitative estimate of drug-likeness (QED) is 0.246. The van der Waals surface area contributed by atoms with Crippen molar-refractivity contribution >= 4 is 46.5 Å². The summed E-state index contributed by atoms with van der Waals surface area (Å²) in [6.07, 6.45) is 0. The molecule has 0 fully saturated rings. The minimum absolute atomic E-state index is 0.0759. The molecule has 0 saturated carbocycles. The van der Waals surface area contributed by atoms with Crippen molar-refractivity contribution in [1.29, 1.82) is 0 Å². The Bertz CT molecular complexity index is 1630. The number of ether oxygens (including phenoxy) is 2. The van der Waals surface area contributed by atoms with Crippen LogP contribution in [0, 0.1) is 0 Å². The second kappa shape index (κ2) is 11.5. The lowest BCUT2D eigenvalue weighted by atomic mass is 9.83. The van der Waals surface area contributed by atoms with Crippen LogP contribution in [0.15, 0.2) is 89.8 Å². The molecule has 2 N–H and O–H groups in total. The monoisotopic (exact) mass is 552 g/mol. The van der Waals surface area contributed by atoms with E-state index in [1.54, 1.807) is 84.9 Å². The van der Waals surface area contributed by atoms with Crippen LogP contribution in [-0.2, 0) is 4.79 Å². The molecule has 0 radical (unpaired) electrons. The summed E-state index contributed by atoms with van der Waals surface area (Å²) in [4.78, 5) is 52.6. The number of rotatable bonds is 8. The Labute approximate surface area is 234 Å². The molecule has 1 aliphatic carbocycles. The summed E-state index contributed by atoms with van der Waals surface area (Å²) in [6.45, 7) is 0. The molecule has 0 spiro atoms. The third-order valence-corrected chi connectivity index (χ3v) is 7.38. The van der Waals surface area contributed by atoms with Crippen LogP contribution in [0.5, 0.6) is 11.5 Å². The van der Waals surface area contributed by atoms with Crippen LogP contribution >= 0.6 is 11.8 Å². The molecule has 0 aliphatic heterocycles. The van der Waals surface area contributed by atoms with E-state index in [-0.39, 0.29) is 45.8 Å². The lowest BCUT2D eigenvalue weighted by molar-refractivity contribution is -0.113. The van der Waals surface area contributed by atoms with Gasteiger partial charge in [0.15, 0.2) is 11.6 Å². The molecule has 0 bridgehead atoms. The van der Waals surface area contributed by atoms with Gasteiger partial charge in [0.2, 0.25) is 5.91 Å². The Balaban J connectivity index is 1.23. The molecule has 0 saturated heterocycles. The Morgan fingerprint density at radius 1 is 0.700 bits per heavy atom. The van der Waals surface area contributed by atoms with E-state index in [0.29, 0.717) is 34.0 Å². The minimum Gasteiger partial charge on any atom is -0.496 e. The number of nitrogens with one attached hydrogen (secondary N) is 2. The van der Waals surface area contributed by atoms with Crippen molar-refractivity contribution in [1.82, 2.24) is 0 Å². The van der Waals surface area contributed by atoms with Crippen LogP contribution in [0.3, 0.4) is 0 Å². The maximum atomic E-state index is 13.2. The number of benzene rings is 4. The molecule has 0 atom stereocenters. The first-order chi connectivity index (χ1) is 19.4. The summed E-state index contributed by atoms with van der Waals surface area (Å²) in [7, 11) is 2.97. The van der Waals surface area contributed by atoms with Gasteiger partial charge in [0.25, 0.3) is 5.91 Å². The van der Waals surface area contributed by atoms with Crippen LogP contribution < -0.4 is 20.1 Å². The predicted octanol–water partition coefficient (Wildman–Crippen LogP) is 5.46. The van der Waals surface area contributed by atoms with Crippen molar-refractivity contribution in [3.05, 3.63) is 113 Å². The van der Waals surface area contributed by atoms with Crippen molar-refractivity contribution in [2.45, 2.75) is 4.90 Å². The molecule has 5 rings (SSSR count). The summed E-state index contributed by atoms with van der Waals surface area (Å²) in [5.74, 6) is -0.375. The highest BCUT2D eigenvalue weighted by molar-refractivity contribution is 8.00. The fourth-order valence-electron chi connectivity index (χ4n) is 4.49. The van der Waals surface area contributed by atoms with Gasteiger partial charge in [-0.05, 0) is 42.5 Å². The number of amides is 2. The van der Waals surface area contributed by atoms with E-state index in [4.69, 9.17) is 9.47 Å². The SMILES string of the molecule is COc1cccc(OC)c1C(=O)Nc1ccc(SCC(=O)Nc2cccc3c2C(=O)c2ccccc2C3=O)cc1. The standard InChI is InChI=1S/C31H24N2O6S/c1-38-24-11-6-12-25(39-2)28(24)31(37)32-18-13-15-19(16-14-18)40-17-26(34)33-23-10-5-9-22-27(23)30(36)21-8-4-3-7-20(21)29(22)35/h3-16H,17H2,1-2H3,(H,32,37)(H,33,34). The Kier molecular flexibility index (Phi) is 7.65. The Morgan fingerprint density at radius 2 is 1.30 bits per heavy atom. The molecule has 200 valence electrons. The summed E-state index contributed by atoms with van der Waals surface area (Å²) in [6, 6.07) is 23.7. The van der Waals surface area contributed by atoms with Crippen molar-refractivity contribution in [2.75, 3.05) is 30.6 Å². The summed E-state index contributed by atoms with van der Waals surface area (Å²) >= 11 is 1.29. The molecule has 9 heteroatoms. The molecule has 0 unspecified atom stereocenters. The fraction of sp³-hybridized carbons (Fsp3) is 0.0968. The zero-order chi connectivity index (χ0) is 28.2. The van der Waals surface area contributed by atoms with Crippen LogP contribution in [0.4, 0.5) is 11.4 Å². The van der Waals surface area contributed by atoms with E-state index in [9.17, 15) is 19.2 Å². The molecular formula is C31H24N2O6S. The number of ketones is 2. The van der Waals surface area contributed by atoms with Gasteiger partial charge in [-0.25, -0.2) is 0 Å².